The van der Waals surface area contributed by atoms with Crippen molar-refractivity contribution < 1.29 is 9.57 Å². The van der Waals surface area contributed by atoms with Crippen LogP contribution >= 0.6 is 11.6 Å². The number of ether oxygens (including phenoxy) is 1. The van der Waals surface area contributed by atoms with Gasteiger partial charge in [0.05, 0.1) is 19.7 Å². The van der Waals surface area contributed by atoms with Crippen molar-refractivity contribution in [3.8, 4) is 5.75 Å². The van der Waals surface area contributed by atoms with Crippen molar-refractivity contribution in [3.05, 3.63) is 29.3 Å². The van der Waals surface area contributed by atoms with Crippen LogP contribution in [-0.4, -0.2) is 36.9 Å². The van der Waals surface area contributed by atoms with Crippen LogP contribution in [0, 0.1) is 0 Å². The third-order valence-electron chi connectivity index (χ3n) is 2.45. The van der Waals surface area contributed by atoms with Crippen molar-refractivity contribution in [2.75, 3.05) is 19.7 Å². The van der Waals surface area contributed by atoms with E-state index in [2.05, 4.69) is 0 Å². The van der Waals surface area contributed by atoms with E-state index in [1.807, 2.05) is 36.3 Å². The first-order chi connectivity index (χ1) is 8.13. The summed E-state index contributed by atoms with van der Waals surface area (Å²) in [4.78, 5) is 5.43. The van der Waals surface area contributed by atoms with Crippen molar-refractivity contribution in [2.24, 2.45) is 5.73 Å². The molecule has 1 aliphatic rings. The van der Waals surface area contributed by atoms with E-state index in [0.29, 0.717) is 11.6 Å². The molecule has 0 amide bonds. The lowest BCUT2D eigenvalue weighted by molar-refractivity contribution is -0.231. The molecule has 0 unspecified atom stereocenters. The maximum Gasteiger partial charge on any atom is 0.129 e. The molecule has 0 aliphatic carbocycles. The topological polar surface area (TPSA) is 47.7 Å². The average molecular weight is 257 g/mol. The standard InChI is InChI=1S/C12H17ClN2O2/c1-9(14)8-16-15-6-12(7-15)17-11-4-2-10(13)3-5-11/h2-5,9,12H,6-8,14H2,1H3/t9-/m0/s1. The molecule has 1 heterocycles. The van der Waals surface area contributed by atoms with Crippen LogP contribution in [0.1, 0.15) is 6.92 Å². The van der Waals surface area contributed by atoms with Gasteiger partial charge in [-0.05, 0) is 31.2 Å². The molecular weight excluding hydrogens is 240 g/mol. The molecule has 1 atom stereocenters. The second kappa shape index (κ2) is 5.69. The van der Waals surface area contributed by atoms with E-state index in [-0.39, 0.29) is 12.1 Å². The lowest BCUT2D eigenvalue weighted by Gasteiger charge is -2.38. The minimum Gasteiger partial charge on any atom is -0.488 e. The van der Waals surface area contributed by atoms with Crippen LogP contribution < -0.4 is 10.5 Å². The number of halogens is 1. The van der Waals surface area contributed by atoms with Crippen molar-refractivity contribution >= 4 is 11.6 Å². The van der Waals surface area contributed by atoms with Gasteiger partial charge in [0.15, 0.2) is 0 Å². The number of rotatable bonds is 5. The fourth-order valence-corrected chi connectivity index (χ4v) is 1.64. The van der Waals surface area contributed by atoms with Crippen molar-refractivity contribution in [1.29, 1.82) is 0 Å². The molecule has 5 heteroatoms. The van der Waals surface area contributed by atoms with E-state index in [9.17, 15) is 0 Å². The van der Waals surface area contributed by atoms with Gasteiger partial charge >= 0.3 is 0 Å². The second-order valence-electron chi connectivity index (χ2n) is 4.31. The molecule has 2 N–H and O–H groups in total. The Bertz CT molecular complexity index is 350. The van der Waals surface area contributed by atoms with Gasteiger partial charge in [-0.3, -0.25) is 4.84 Å². The molecule has 1 aromatic rings. The molecule has 2 rings (SSSR count). The molecule has 1 saturated heterocycles. The van der Waals surface area contributed by atoms with E-state index in [4.69, 9.17) is 26.9 Å². The van der Waals surface area contributed by atoms with Gasteiger partial charge in [-0.2, -0.15) is 5.06 Å². The maximum absolute atomic E-state index is 5.79. The predicted molar refractivity (Wildman–Crippen MR) is 67.0 cm³/mol. The average Bonchev–Trinajstić information content (AvgIpc) is 2.23. The van der Waals surface area contributed by atoms with Crippen LogP contribution in [0.25, 0.3) is 0 Å². The van der Waals surface area contributed by atoms with Crippen LogP contribution in [0.15, 0.2) is 24.3 Å². The quantitative estimate of drug-likeness (QED) is 0.871. The van der Waals surface area contributed by atoms with Crippen molar-refractivity contribution in [2.45, 2.75) is 19.1 Å². The Morgan fingerprint density at radius 2 is 2.06 bits per heavy atom. The summed E-state index contributed by atoms with van der Waals surface area (Å²) in [6.45, 7) is 4.01. The molecule has 17 heavy (non-hydrogen) atoms. The molecule has 0 aromatic heterocycles. The first-order valence-corrected chi connectivity index (χ1v) is 6.07. The van der Waals surface area contributed by atoms with Gasteiger partial charge in [0, 0.05) is 11.1 Å². The monoisotopic (exact) mass is 256 g/mol. The maximum atomic E-state index is 5.79. The van der Waals surface area contributed by atoms with Gasteiger partial charge in [0.1, 0.15) is 11.9 Å². The summed E-state index contributed by atoms with van der Waals surface area (Å²) in [7, 11) is 0. The van der Waals surface area contributed by atoms with Gasteiger partial charge < -0.3 is 10.5 Å². The summed E-state index contributed by atoms with van der Waals surface area (Å²) in [5.41, 5.74) is 5.60. The highest BCUT2D eigenvalue weighted by Gasteiger charge is 2.29. The van der Waals surface area contributed by atoms with Crippen molar-refractivity contribution in [3.63, 3.8) is 0 Å². The molecule has 1 fully saturated rings. The Kier molecular flexibility index (Phi) is 4.23. The molecule has 0 spiro atoms. The summed E-state index contributed by atoms with van der Waals surface area (Å²) in [6, 6.07) is 7.44. The zero-order valence-electron chi connectivity index (χ0n) is 9.80. The normalized spacial score (nSPS) is 18.8. The molecular formula is C12H17ClN2O2. The fourth-order valence-electron chi connectivity index (χ4n) is 1.51. The molecule has 0 bridgehead atoms. The Morgan fingerprint density at radius 3 is 2.65 bits per heavy atom. The van der Waals surface area contributed by atoms with Gasteiger partial charge in [-0.25, -0.2) is 0 Å². The van der Waals surface area contributed by atoms with Crippen LogP contribution in [0.4, 0.5) is 0 Å². The van der Waals surface area contributed by atoms with E-state index >= 15 is 0 Å². The van der Waals surface area contributed by atoms with Gasteiger partial charge in [-0.1, -0.05) is 11.6 Å². The van der Waals surface area contributed by atoms with Crippen LogP contribution in [0.5, 0.6) is 5.75 Å². The SMILES string of the molecule is C[C@H](N)CON1CC(Oc2ccc(Cl)cc2)C1. The summed E-state index contributed by atoms with van der Waals surface area (Å²) < 4.78 is 5.73. The minimum atomic E-state index is 0.0613. The largest absolute Gasteiger partial charge is 0.488 e. The summed E-state index contributed by atoms with van der Waals surface area (Å²) >= 11 is 5.79. The van der Waals surface area contributed by atoms with Gasteiger partial charge in [0.2, 0.25) is 0 Å². The Labute approximate surface area is 106 Å². The number of nitrogens with two attached hydrogens (primary N) is 1. The fraction of sp³-hybridized carbons (Fsp3) is 0.500. The van der Waals surface area contributed by atoms with Crippen LogP contribution in [0.2, 0.25) is 5.02 Å². The highest BCUT2D eigenvalue weighted by molar-refractivity contribution is 6.30. The Hall–Kier alpha value is -0.810. The molecule has 0 saturated carbocycles. The molecule has 1 aliphatic heterocycles. The predicted octanol–water partition coefficient (Wildman–Crippen LogP) is 1.68. The van der Waals surface area contributed by atoms with Gasteiger partial charge in [-0.15, -0.1) is 0 Å². The third kappa shape index (κ3) is 3.85. The third-order valence-corrected chi connectivity index (χ3v) is 2.70. The number of benzene rings is 1. The lowest BCUT2D eigenvalue weighted by Crippen LogP contribution is -2.54. The summed E-state index contributed by atoms with van der Waals surface area (Å²) in [6.07, 6.45) is 0.184. The van der Waals surface area contributed by atoms with Crippen LogP contribution in [0.3, 0.4) is 0 Å². The van der Waals surface area contributed by atoms with E-state index in [1.165, 1.54) is 0 Å². The highest BCUT2D eigenvalue weighted by Crippen LogP contribution is 2.20. The zero-order valence-corrected chi connectivity index (χ0v) is 10.6. The first-order valence-electron chi connectivity index (χ1n) is 5.69. The Morgan fingerprint density at radius 1 is 1.41 bits per heavy atom. The molecule has 1 aromatic carbocycles. The van der Waals surface area contributed by atoms with Crippen LogP contribution in [-0.2, 0) is 4.84 Å². The minimum absolute atomic E-state index is 0.0613. The number of hydroxylamine groups is 2. The summed E-state index contributed by atoms with van der Waals surface area (Å²) in [5.74, 6) is 0.839. The van der Waals surface area contributed by atoms with E-state index < -0.39 is 0 Å². The number of hydrogen-bond acceptors (Lipinski definition) is 4. The molecule has 94 valence electrons. The Balaban J connectivity index is 1.68. The second-order valence-corrected chi connectivity index (χ2v) is 4.75. The smallest absolute Gasteiger partial charge is 0.129 e. The summed E-state index contributed by atoms with van der Waals surface area (Å²) in [5, 5.41) is 2.58. The first kappa shape index (κ1) is 12.6. The highest BCUT2D eigenvalue weighted by atomic mass is 35.5. The zero-order chi connectivity index (χ0) is 12.3. The van der Waals surface area contributed by atoms with E-state index in [1.54, 1.807) is 0 Å². The van der Waals surface area contributed by atoms with Crippen molar-refractivity contribution in [1.82, 2.24) is 5.06 Å². The molecule has 4 nitrogen and oxygen atoms in total. The van der Waals surface area contributed by atoms with E-state index in [0.717, 1.165) is 18.8 Å². The molecule has 0 radical (unpaired) electrons. The lowest BCUT2D eigenvalue weighted by atomic mass is 10.2. The number of hydrogen-bond donors (Lipinski definition) is 1. The van der Waals surface area contributed by atoms with Gasteiger partial charge in [0.25, 0.3) is 0 Å². The number of nitrogens with zero attached hydrogens (tertiary/aromatic N) is 1.